The highest BCUT2D eigenvalue weighted by atomic mass is 35.5. The molecule has 1 unspecified atom stereocenters. The van der Waals surface area contributed by atoms with E-state index in [1.807, 2.05) is 24.0 Å². The van der Waals surface area contributed by atoms with Crippen LogP contribution < -0.4 is 40.6 Å². The fourth-order valence-corrected chi connectivity index (χ4v) is 7.81. The standard InChI is InChI=1S/C26H33ClFN5O3.C22H22ClFN4O4.C2H7N/c1-3-4-7-29-19(15-33-8-10-35-11-9-33)16-36-25-13-20-23(14-24(25)34-2)30-17-31-26(20)32-18-5-6-22(28)21(27)12-18;1-30-20-10-19-16(9-21(20)32-12-15(29)11-28-4-6-31-7-5-28)22(26-13-25-19)27-14-2-3-18(24)17(23)8-14;1-2-3/h5-6,12-14,17,19,29H,3-4,7-11,15-16H2,1-2H3,(H,30,31,32);2-3,8-10,13H,4-7,11-12H2,1H3,(H,25,26,27);2-3H2,1H3. The Labute approximate surface area is 422 Å². The molecule has 0 aliphatic carbocycles. The van der Waals surface area contributed by atoms with Gasteiger partial charge in [0, 0.05) is 67.0 Å². The second-order valence-electron chi connectivity index (χ2n) is 16.3. The Morgan fingerprint density at radius 2 is 1.21 bits per heavy atom. The molecule has 0 radical (unpaired) electrons. The lowest BCUT2D eigenvalue weighted by molar-refractivity contribution is -0.123. The van der Waals surface area contributed by atoms with Gasteiger partial charge in [-0.2, -0.15) is 0 Å². The van der Waals surface area contributed by atoms with Crippen molar-refractivity contribution < 1.29 is 42.0 Å². The zero-order chi connectivity index (χ0) is 50.5. The maximum atomic E-state index is 13.6. The smallest absolute Gasteiger partial charge is 0.184 e. The maximum absolute atomic E-state index is 13.6. The largest absolute Gasteiger partial charge is 0.493 e. The van der Waals surface area contributed by atoms with Crippen molar-refractivity contribution in [2.24, 2.45) is 5.73 Å². The molecule has 2 aliphatic rings. The van der Waals surface area contributed by atoms with Crippen molar-refractivity contribution in [1.29, 1.82) is 0 Å². The fraction of sp³-hybridized carbons (Fsp3) is 0.420. The summed E-state index contributed by atoms with van der Waals surface area (Å²) >= 11 is 11.8. The highest BCUT2D eigenvalue weighted by molar-refractivity contribution is 6.31. The lowest BCUT2D eigenvalue weighted by atomic mass is 10.2. The van der Waals surface area contributed by atoms with E-state index in [1.54, 1.807) is 31.4 Å². The van der Waals surface area contributed by atoms with Gasteiger partial charge in [-0.25, -0.2) is 28.7 Å². The van der Waals surface area contributed by atoms with Crippen LogP contribution in [-0.2, 0) is 14.3 Å². The summed E-state index contributed by atoms with van der Waals surface area (Å²) in [5.74, 6) is 2.04. The number of carbonyl (C=O) groups excluding carboxylic acids is 1. The van der Waals surface area contributed by atoms with Crippen LogP contribution in [0, 0.1) is 11.6 Å². The van der Waals surface area contributed by atoms with Crippen LogP contribution in [0.4, 0.5) is 31.8 Å². The number of nitrogens with zero attached hydrogens (tertiary/aromatic N) is 6. The first kappa shape index (κ1) is 54.6. The average molecular weight is 1020 g/mol. The summed E-state index contributed by atoms with van der Waals surface area (Å²) in [5.41, 5.74) is 7.33. The Hall–Kier alpha value is -5.77. The molecule has 21 heteroatoms. The van der Waals surface area contributed by atoms with Crippen molar-refractivity contribution >= 4 is 73.8 Å². The van der Waals surface area contributed by atoms with E-state index >= 15 is 0 Å². The SMILES string of the molecule is CCCCNC(COc1cc2c(Nc3ccc(F)c(Cl)c3)ncnc2cc1OC)CN1CCOCC1.CCN.COc1cc2ncnc(Nc3ccc(F)c(Cl)c3)c2cc1OCC(=O)CN1CCOCC1. The Kier molecular flexibility index (Phi) is 21.8. The number of halogens is 4. The molecule has 2 aliphatic heterocycles. The molecule has 6 aromatic rings. The van der Waals surface area contributed by atoms with Crippen molar-refractivity contribution in [1.82, 2.24) is 35.1 Å². The zero-order valence-electron chi connectivity index (χ0n) is 40.4. The van der Waals surface area contributed by atoms with Crippen molar-refractivity contribution in [2.75, 3.05) is 117 Å². The van der Waals surface area contributed by atoms with Gasteiger partial charge in [0.25, 0.3) is 0 Å². The van der Waals surface area contributed by atoms with Crippen molar-refractivity contribution in [3.8, 4) is 23.0 Å². The van der Waals surface area contributed by atoms with E-state index < -0.39 is 11.6 Å². The summed E-state index contributed by atoms with van der Waals surface area (Å²) in [6.45, 7) is 13.4. The first-order valence-electron chi connectivity index (χ1n) is 23.4. The molecular formula is C50H62Cl2F2N10O7. The maximum Gasteiger partial charge on any atom is 0.184 e. The van der Waals surface area contributed by atoms with Gasteiger partial charge in [-0.1, -0.05) is 43.5 Å². The van der Waals surface area contributed by atoms with Crippen molar-refractivity contribution in [2.45, 2.75) is 32.7 Å². The van der Waals surface area contributed by atoms with E-state index in [4.69, 9.17) is 57.4 Å². The summed E-state index contributed by atoms with van der Waals surface area (Å²) in [6, 6.07) is 16.0. The number of hydrogen-bond donors (Lipinski definition) is 4. The third kappa shape index (κ3) is 16.4. The predicted molar refractivity (Wildman–Crippen MR) is 274 cm³/mol. The molecule has 1 atom stereocenters. The number of nitrogens with one attached hydrogen (secondary N) is 3. The molecule has 382 valence electrons. The number of fused-ring (bicyclic) bond motifs is 2. The number of hydrogen-bond acceptors (Lipinski definition) is 17. The van der Waals surface area contributed by atoms with Gasteiger partial charge in [0.15, 0.2) is 28.8 Å². The van der Waals surface area contributed by atoms with Crippen LogP contribution in [-0.4, -0.2) is 148 Å². The first-order chi connectivity index (χ1) is 34.5. The normalized spacial score (nSPS) is 14.4. The van der Waals surface area contributed by atoms with Gasteiger partial charge in [-0.05, 0) is 68.0 Å². The minimum absolute atomic E-state index is 0.00201. The van der Waals surface area contributed by atoms with Gasteiger partial charge in [-0.15, -0.1) is 0 Å². The molecule has 2 fully saturated rings. The molecular weight excluding hydrogens is 962 g/mol. The molecule has 0 bridgehead atoms. The number of morpholine rings is 2. The van der Waals surface area contributed by atoms with Gasteiger partial charge in [0.2, 0.25) is 0 Å². The number of carbonyl (C=O) groups is 1. The molecule has 0 amide bonds. The molecule has 2 aromatic heterocycles. The van der Waals surface area contributed by atoms with Crippen molar-refractivity contribution in [3.63, 3.8) is 0 Å². The van der Waals surface area contributed by atoms with Gasteiger partial charge >= 0.3 is 0 Å². The number of ether oxygens (including phenoxy) is 6. The van der Waals surface area contributed by atoms with E-state index in [-0.39, 0.29) is 28.5 Å². The van der Waals surface area contributed by atoms with E-state index in [2.05, 4.69) is 47.7 Å². The lowest BCUT2D eigenvalue weighted by Gasteiger charge is -2.31. The second kappa shape index (κ2) is 28.3. The molecule has 8 rings (SSSR count). The Balaban J connectivity index is 0.000000222. The third-order valence-corrected chi connectivity index (χ3v) is 11.7. The number of Topliss-reactive ketones (excluding diaryl/α,β-unsaturated/α-hetero) is 1. The number of rotatable bonds is 20. The van der Waals surface area contributed by atoms with Gasteiger partial charge in [0.1, 0.15) is 49.1 Å². The average Bonchev–Trinajstić information content (AvgIpc) is 3.38. The van der Waals surface area contributed by atoms with Crippen LogP contribution in [0.3, 0.4) is 0 Å². The van der Waals surface area contributed by atoms with Crippen LogP contribution in [0.15, 0.2) is 73.3 Å². The summed E-state index contributed by atoms with van der Waals surface area (Å²) < 4.78 is 61.0. The third-order valence-electron chi connectivity index (χ3n) is 11.1. The second-order valence-corrected chi connectivity index (χ2v) is 17.2. The van der Waals surface area contributed by atoms with Gasteiger partial charge < -0.3 is 50.1 Å². The Morgan fingerprint density at radius 3 is 1.69 bits per heavy atom. The monoisotopic (exact) mass is 1020 g/mol. The van der Waals surface area contributed by atoms with Crippen LogP contribution in [0.25, 0.3) is 21.8 Å². The van der Waals surface area contributed by atoms with Crippen LogP contribution >= 0.6 is 23.2 Å². The van der Waals surface area contributed by atoms with Crippen LogP contribution in [0.5, 0.6) is 23.0 Å². The minimum atomic E-state index is -0.507. The minimum Gasteiger partial charge on any atom is -0.493 e. The lowest BCUT2D eigenvalue weighted by Crippen LogP contribution is -2.48. The summed E-state index contributed by atoms with van der Waals surface area (Å²) in [5, 5.41) is 11.4. The molecule has 4 aromatic carbocycles. The molecule has 5 N–H and O–H groups in total. The Morgan fingerprint density at radius 1 is 0.718 bits per heavy atom. The van der Waals surface area contributed by atoms with E-state index in [0.717, 1.165) is 77.3 Å². The van der Waals surface area contributed by atoms with Crippen LogP contribution in [0.2, 0.25) is 10.0 Å². The van der Waals surface area contributed by atoms with E-state index in [0.29, 0.717) is 88.8 Å². The molecule has 71 heavy (non-hydrogen) atoms. The summed E-state index contributed by atoms with van der Waals surface area (Å²) in [7, 11) is 3.13. The quantitative estimate of drug-likeness (QED) is 0.0536. The number of benzene rings is 4. The van der Waals surface area contributed by atoms with Gasteiger partial charge in [-0.3, -0.25) is 14.6 Å². The van der Waals surface area contributed by atoms with Crippen LogP contribution in [0.1, 0.15) is 26.7 Å². The fourth-order valence-electron chi connectivity index (χ4n) is 7.45. The highest BCUT2D eigenvalue weighted by Crippen LogP contribution is 2.37. The topological polar surface area (TPSA) is 193 Å². The van der Waals surface area contributed by atoms with E-state index in [9.17, 15) is 13.6 Å². The number of anilines is 4. The zero-order valence-corrected chi connectivity index (χ0v) is 42.0. The number of ketones is 1. The summed E-state index contributed by atoms with van der Waals surface area (Å²) in [6.07, 6.45) is 5.11. The predicted octanol–water partition coefficient (Wildman–Crippen LogP) is 8.06. The number of methoxy groups -OCH3 is 2. The summed E-state index contributed by atoms with van der Waals surface area (Å²) in [4.78, 5) is 34.2. The highest BCUT2D eigenvalue weighted by Gasteiger charge is 2.21. The van der Waals surface area contributed by atoms with E-state index in [1.165, 1.54) is 44.0 Å². The number of unbranched alkanes of at least 4 members (excludes halogenated alkanes) is 1. The molecule has 2 saturated heterocycles. The van der Waals surface area contributed by atoms with Crippen molar-refractivity contribution in [3.05, 3.63) is 95.0 Å². The molecule has 0 spiro atoms. The molecule has 0 saturated carbocycles. The number of aromatic nitrogens is 4. The molecule has 4 heterocycles. The first-order valence-corrected chi connectivity index (χ1v) is 24.2. The molecule has 17 nitrogen and oxygen atoms in total. The Bertz CT molecular complexity index is 2650. The van der Waals surface area contributed by atoms with Gasteiger partial charge in [0.05, 0.1) is 74.3 Å². The number of nitrogens with two attached hydrogens (primary N) is 1.